The van der Waals surface area contributed by atoms with Crippen LogP contribution in [0.25, 0.3) is 0 Å². The second-order valence-corrected chi connectivity index (χ2v) is 7.88. The van der Waals surface area contributed by atoms with Crippen molar-refractivity contribution in [1.82, 2.24) is 4.90 Å². The molecule has 0 aromatic carbocycles. The fraction of sp³-hybridized carbons (Fsp3) is 1.00. The minimum atomic E-state index is -2.96. The normalized spacial score (nSPS) is 25.6. The van der Waals surface area contributed by atoms with E-state index < -0.39 is 9.84 Å². The number of rotatable bonds is 5. The van der Waals surface area contributed by atoms with Crippen LogP contribution in [0.2, 0.25) is 0 Å². The van der Waals surface area contributed by atoms with Gasteiger partial charge >= 0.3 is 0 Å². The topological polar surface area (TPSA) is 63.4 Å². The predicted molar refractivity (Wildman–Crippen MR) is 70.4 cm³/mol. The number of thioether (sulfide) groups is 1. The Morgan fingerprint density at radius 3 is 2.81 bits per heavy atom. The lowest BCUT2D eigenvalue weighted by molar-refractivity contribution is 0.252. The van der Waals surface area contributed by atoms with Crippen LogP contribution in [0.3, 0.4) is 0 Å². The third-order valence-corrected chi connectivity index (χ3v) is 5.68. The van der Waals surface area contributed by atoms with Gasteiger partial charge in [0.2, 0.25) is 0 Å². The zero-order chi connectivity index (χ0) is 12.2. The lowest BCUT2D eigenvalue weighted by atomic mass is 10.1. The molecule has 1 heterocycles. The largest absolute Gasteiger partial charge is 0.330 e. The van der Waals surface area contributed by atoms with E-state index in [9.17, 15) is 8.42 Å². The molecule has 0 radical (unpaired) electrons. The van der Waals surface area contributed by atoms with Crippen molar-refractivity contribution in [3.05, 3.63) is 0 Å². The molecule has 0 amide bonds. The Labute approximate surface area is 103 Å². The molecule has 0 aromatic rings. The lowest BCUT2D eigenvalue weighted by Crippen LogP contribution is -2.47. The van der Waals surface area contributed by atoms with Gasteiger partial charge in [-0.25, -0.2) is 8.42 Å². The molecule has 1 aliphatic heterocycles. The minimum Gasteiger partial charge on any atom is -0.330 e. The molecular formula is C10H22N2O2S2. The molecule has 0 bridgehead atoms. The highest BCUT2D eigenvalue weighted by Crippen LogP contribution is 2.21. The highest BCUT2D eigenvalue weighted by Gasteiger charge is 2.30. The Hall–Kier alpha value is 0.220. The summed E-state index contributed by atoms with van der Waals surface area (Å²) in [5.41, 5.74) is 5.57. The molecule has 0 saturated carbocycles. The zero-order valence-electron chi connectivity index (χ0n) is 10.1. The summed E-state index contributed by atoms with van der Waals surface area (Å²) in [6, 6.07) is 0. The van der Waals surface area contributed by atoms with Crippen molar-refractivity contribution in [3.8, 4) is 0 Å². The number of nitrogens with zero attached hydrogens (tertiary/aromatic N) is 1. The number of hydrogen-bond acceptors (Lipinski definition) is 5. The van der Waals surface area contributed by atoms with Crippen LogP contribution in [0.5, 0.6) is 0 Å². The smallest absolute Gasteiger partial charge is 0.164 e. The summed E-state index contributed by atoms with van der Waals surface area (Å²) in [5.74, 6) is 2.20. The standard InChI is InChI=1S/C10H22N2O2S2/c1-9(7-11)3-4-12-5-6-15-8-10(12)16(2,13)14/h9-10H,3-8,11H2,1-2H3. The van der Waals surface area contributed by atoms with Crippen molar-refractivity contribution < 1.29 is 8.42 Å². The van der Waals surface area contributed by atoms with Gasteiger partial charge in [0, 0.05) is 24.3 Å². The maximum Gasteiger partial charge on any atom is 0.164 e. The summed E-state index contributed by atoms with van der Waals surface area (Å²) in [6.07, 6.45) is 2.32. The van der Waals surface area contributed by atoms with Gasteiger partial charge in [-0.3, -0.25) is 4.90 Å². The molecule has 2 unspecified atom stereocenters. The Morgan fingerprint density at radius 1 is 1.56 bits per heavy atom. The summed E-state index contributed by atoms with van der Waals surface area (Å²) in [5, 5.41) is -0.295. The summed E-state index contributed by atoms with van der Waals surface area (Å²) >= 11 is 1.73. The van der Waals surface area contributed by atoms with Gasteiger partial charge < -0.3 is 5.73 Å². The summed E-state index contributed by atoms with van der Waals surface area (Å²) in [7, 11) is -2.96. The predicted octanol–water partition coefficient (Wildman–Crippen LogP) is 0.391. The second-order valence-electron chi connectivity index (χ2n) is 4.52. The summed E-state index contributed by atoms with van der Waals surface area (Å²) in [6.45, 7) is 4.50. The van der Waals surface area contributed by atoms with Crippen LogP contribution < -0.4 is 5.73 Å². The molecule has 96 valence electrons. The molecule has 0 spiro atoms. The molecule has 2 N–H and O–H groups in total. The van der Waals surface area contributed by atoms with Gasteiger partial charge in [0.05, 0.1) is 0 Å². The Bertz CT molecular complexity index is 306. The third-order valence-electron chi connectivity index (χ3n) is 3.00. The van der Waals surface area contributed by atoms with E-state index in [-0.39, 0.29) is 5.37 Å². The van der Waals surface area contributed by atoms with E-state index in [1.165, 1.54) is 6.26 Å². The first-order valence-corrected chi connectivity index (χ1v) is 8.76. The maximum absolute atomic E-state index is 11.6. The van der Waals surface area contributed by atoms with Crippen LogP contribution in [0, 0.1) is 5.92 Å². The first-order chi connectivity index (χ1) is 7.45. The van der Waals surface area contributed by atoms with Crippen molar-refractivity contribution in [3.63, 3.8) is 0 Å². The molecule has 0 aliphatic carbocycles. The van der Waals surface area contributed by atoms with Gasteiger partial charge in [-0.1, -0.05) is 6.92 Å². The van der Waals surface area contributed by atoms with E-state index in [1.807, 2.05) is 0 Å². The van der Waals surface area contributed by atoms with Gasteiger partial charge in [-0.05, 0) is 25.4 Å². The highest BCUT2D eigenvalue weighted by molar-refractivity contribution is 8.00. The molecule has 2 atom stereocenters. The van der Waals surface area contributed by atoms with Crippen molar-refractivity contribution in [2.45, 2.75) is 18.7 Å². The van der Waals surface area contributed by atoms with Crippen LogP contribution in [0.4, 0.5) is 0 Å². The van der Waals surface area contributed by atoms with E-state index >= 15 is 0 Å². The molecule has 1 rings (SSSR count). The molecule has 1 saturated heterocycles. The van der Waals surface area contributed by atoms with Crippen LogP contribution in [0.15, 0.2) is 0 Å². The quantitative estimate of drug-likeness (QED) is 0.780. The van der Waals surface area contributed by atoms with E-state index in [2.05, 4.69) is 11.8 Å². The molecule has 1 aliphatic rings. The maximum atomic E-state index is 11.6. The van der Waals surface area contributed by atoms with Gasteiger partial charge in [-0.2, -0.15) is 11.8 Å². The van der Waals surface area contributed by atoms with Crippen LogP contribution in [0.1, 0.15) is 13.3 Å². The Kier molecular flexibility index (Phi) is 5.56. The molecule has 6 heteroatoms. The van der Waals surface area contributed by atoms with Crippen molar-refractivity contribution in [1.29, 1.82) is 0 Å². The number of nitrogens with two attached hydrogens (primary N) is 1. The van der Waals surface area contributed by atoms with E-state index in [0.717, 1.165) is 25.3 Å². The fourth-order valence-electron chi connectivity index (χ4n) is 1.77. The van der Waals surface area contributed by atoms with Crippen LogP contribution in [-0.4, -0.2) is 56.1 Å². The summed E-state index contributed by atoms with van der Waals surface area (Å²) < 4.78 is 23.3. The van der Waals surface area contributed by atoms with E-state index in [0.29, 0.717) is 18.2 Å². The van der Waals surface area contributed by atoms with E-state index in [1.54, 1.807) is 11.8 Å². The van der Waals surface area contributed by atoms with Crippen LogP contribution in [-0.2, 0) is 9.84 Å². The van der Waals surface area contributed by atoms with Crippen molar-refractivity contribution >= 4 is 21.6 Å². The Morgan fingerprint density at radius 2 is 2.25 bits per heavy atom. The van der Waals surface area contributed by atoms with Gasteiger partial charge in [-0.15, -0.1) is 0 Å². The number of sulfone groups is 1. The molecule has 16 heavy (non-hydrogen) atoms. The van der Waals surface area contributed by atoms with Gasteiger partial charge in [0.15, 0.2) is 9.84 Å². The number of hydrogen-bond donors (Lipinski definition) is 1. The van der Waals surface area contributed by atoms with Crippen molar-refractivity contribution in [2.75, 3.05) is 37.4 Å². The van der Waals surface area contributed by atoms with E-state index in [4.69, 9.17) is 5.73 Å². The second kappa shape index (κ2) is 6.23. The summed E-state index contributed by atoms with van der Waals surface area (Å²) in [4.78, 5) is 2.10. The lowest BCUT2D eigenvalue weighted by Gasteiger charge is -2.34. The molecule has 4 nitrogen and oxygen atoms in total. The first kappa shape index (κ1) is 14.3. The minimum absolute atomic E-state index is 0.295. The first-order valence-electron chi connectivity index (χ1n) is 5.66. The fourth-order valence-corrected chi connectivity index (χ4v) is 4.74. The third kappa shape index (κ3) is 4.24. The molecule has 0 aromatic heterocycles. The van der Waals surface area contributed by atoms with Gasteiger partial charge in [0.1, 0.15) is 5.37 Å². The highest BCUT2D eigenvalue weighted by atomic mass is 32.2. The van der Waals surface area contributed by atoms with Crippen molar-refractivity contribution in [2.24, 2.45) is 11.7 Å². The zero-order valence-corrected chi connectivity index (χ0v) is 11.7. The van der Waals surface area contributed by atoms with Gasteiger partial charge in [0.25, 0.3) is 0 Å². The SMILES string of the molecule is CC(CN)CCN1CCSCC1S(C)(=O)=O. The molecular weight excluding hydrogens is 244 g/mol. The average Bonchev–Trinajstić information content (AvgIpc) is 2.25. The van der Waals surface area contributed by atoms with Crippen LogP contribution >= 0.6 is 11.8 Å². The average molecular weight is 266 g/mol. The Balaban J connectivity index is 2.54. The molecule has 1 fully saturated rings. The monoisotopic (exact) mass is 266 g/mol.